The molecule has 10 heteroatoms. The number of benzene rings is 1. The molecule has 0 amide bonds. The van der Waals surface area contributed by atoms with E-state index in [-0.39, 0.29) is 29.2 Å². The van der Waals surface area contributed by atoms with Crippen molar-refractivity contribution in [2.24, 2.45) is 0 Å². The Labute approximate surface area is 215 Å². The molecule has 2 N–H and O–H groups in total. The number of aryl methyl sites for hydroxylation is 1. The number of nitrogens with one attached hydrogen (secondary N) is 2. The van der Waals surface area contributed by atoms with Crippen molar-refractivity contribution in [2.45, 2.75) is 46.2 Å². The molecule has 1 saturated heterocycles. The Morgan fingerprint density at radius 1 is 0.973 bits per heavy atom. The van der Waals surface area contributed by atoms with Crippen LogP contribution >= 0.6 is 0 Å². The molecular weight excluding hydrogens is 474 g/mol. The summed E-state index contributed by atoms with van der Waals surface area (Å²) >= 11 is 0. The van der Waals surface area contributed by atoms with Crippen LogP contribution in [0.4, 0.5) is 20.5 Å². The molecule has 0 aliphatic carbocycles. The standard InChI is InChI=1S/C27H32F2N8/c1-16(2)37-18(4)33-26-21(28)12-20(13-23(26)37)25-22(29)15-32-27(35-25)34-24-7-6-19(14-31-24)17(3)36-10-5-8-30-9-11-36/h6-7,12-17,30H,5,8-11H2,1-4H3,(H,31,32,34,35)/t17-/m0/s1. The smallest absolute Gasteiger partial charge is 0.229 e. The molecular formula is C27H32F2N8. The number of aromatic nitrogens is 5. The minimum atomic E-state index is -0.638. The molecule has 194 valence electrons. The third-order valence-electron chi connectivity index (χ3n) is 6.89. The van der Waals surface area contributed by atoms with E-state index in [0.29, 0.717) is 22.7 Å². The Bertz CT molecular complexity index is 1390. The van der Waals surface area contributed by atoms with Gasteiger partial charge in [-0.2, -0.15) is 0 Å². The summed E-state index contributed by atoms with van der Waals surface area (Å²) < 4.78 is 31.7. The van der Waals surface area contributed by atoms with Crippen molar-refractivity contribution in [1.82, 2.24) is 34.7 Å². The van der Waals surface area contributed by atoms with E-state index in [4.69, 9.17) is 0 Å². The quantitative estimate of drug-likeness (QED) is 0.374. The first-order chi connectivity index (χ1) is 17.8. The number of halogens is 2. The predicted molar refractivity (Wildman–Crippen MR) is 141 cm³/mol. The number of hydrogen-bond acceptors (Lipinski definition) is 7. The van der Waals surface area contributed by atoms with E-state index in [1.165, 1.54) is 6.07 Å². The molecule has 0 bridgehead atoms. The van der Waals surface area contributed by atoms with Gasteiger partial charge in [-0.05, 0) is 71.0 Å². The van der Waals surface area contributed by atoms with Gasteiger partial charge in [0.15, 0.2) is 11.6 Å². The Morgan fingerprint density at radius 3 is 2.57 bits per heavy atom. The highest BCUT2D eigenvalue weighted by Crippen LogP contribution is 2.30. The van der Waals surface area contributed by atoms with Crippen LogP contribution in [0, 0.1) is 18.6 Å². The Balaban J connectivity index is 1.40. The summed E-state index contributed by atoms with van der Waals surface area (Å²) in [5, 5.41) is 6.48. The Kier molecular flexibility index (Phi) is 7.12. The van der Waals surface area contributed by atoms with Crippen LogP contribution in [0.5, 0.6) is 0 Å². The van der Waals surface area contributed by atoms with Gasteiger partial charge in [-0.15, -0.1) is 0 Å². The Hall–Kier alpha value is -3.50. The molecule has 0 saturated carbocycles. The first-order valence-electron chi connectivity index (χ1n) is 12.7. The van der Waals surface area contributed by atoms with Crippen LogP contribution in [0.3, 0.4) is 0 Å². The van der Waals surface area contributed by atoms with Gasteiger partial charge >= 0.3 is 0 Å². The van der Waals surface area contributed by atoms with E-state index < -0.39 is 11.6 Å². The van der Waals surface area contributed by atoms with Gasteiger partial charge in [0, 0.05) is 36.9 Å². The van der Waals surface area contributed by atoms with Crippen molar-refractivity contribution in [1.29, 1.82) is 0 Å². The normalized spacial score (nSPS) is 15.8. The van der Waals surface area contributed by atoms with Crippen molar-refractivity contribution < 1.29 is 8.78 Å². The average molecular weight is 507 g/mol. The molecule has 0 radical (unpaired) electrons. The van der Waals surface area contributed by atoms with Crippen molar-refractivity contribution in [3.8, 4) is 11.3 Å². The van der Waals surface area contributed by atoms with Gasteiger partial charge in [-0.3, -0.25) is 4.90 Å². The van der Waals surface area contributed by atoms with Crippen LogP contribution in [0.15, 0.2) is 36.7 Å². The van der Waals surface area contributed by atoms with Gasteiger partial charge in [-0.1, -0.05) is 6.07 Å². The molecule has 1 aromatic carbocycles. The Morgan fingerprint density at radius 2 is 1.81 bits per heavy atom. The first kappa shape index (κ1) is 25.2. The molecule has 3 aromatic heterocycles. The second-order valence-electron chi connectivity index (χ2n) is 9.76. The number of nitrogens with zero attached hydrogens (tertiary/aromatic N) is 6. The van der Waals surface area contributed by atoms with Crippen LogP contribution < -0.4 is 10.6 Å². The lowest BCUT2D eigenvalue weighted by molar-refractivity contribution is 0.225. The number of pyridine rings is 1. The lowest BCUT2D eigenvalue weighted by Crippen LogP contribution is -2.30. The molecule has 8 nitrogen and oxygen atoms in total. The van der Waals surface area contributed by atoms with Gasteiger partial charge in [0.2, 0.25) is 5.95 Å². The topological polar surface area (TPSA) is 83.8 Å². The number of imidazole rings is 1. The zero-order valence-electron chi connectivity index (χ0n) is 21.6. The maximum absolute atomic E-state index is 15.0. The van der Waals surface area contributed by atoms with Gasteiger partial charge in [0.25, 0.3) is 0 Å². The fourth-order valence-corrected chi connectivity index (χ4v) is 4.99. The molecule has 37 heavy (non-hydrogen) atoms. The number of anilines is 2. The maximum Gasteiger partial charge on any atom is 0.229 e. The predicted octanol–water partition coefficient (Wildman–Crippen LogP) is 5.16. The van der Waals surface area contributed by atoms with Crippen molar-refractivity contribution in [3.05, 3.63) is 59.7 Å². The maximum atomic E-state index is 15.0. The summed E-state index contributed by atoms with van der Waals surface area (Å²) in [4.78, 5) is 19.8. The second kappa shape index (κ2) is 10.5. The van der Waals surface area contributed by atoms with E-state index in [1.807, 2.05) is 43.7 Å². The van der Waals surface area contributed by atoms with E-state index in [0.717, 1.165) is 44.4 Å². The fourth-order valence-electron chi connectivity index (χ4n) is 4.99. The molecule has 4 aromatic rings. The van der Waals surface area contributed by atoms with Gasteiger partial charge in [0.1, 0.15) is 22.9 Å². The van der Waals surface area contributed by atoms with Gasteiger partial charge in [-0.25, -0.2) is 28.7 Å². The van der Waals surface area contributed by atoms with Crippen LogP contribution in [-0.2, 0) is 0 Å². The van der Waals surface area contributed by atoms with Crippen LogP contribution in [0.2, 0.25) is 0 Å². The second-order valence-corrected chi connectivity index (χ2v) is 9.76. The third kappa shape index (κ3) is 5.17. The largest absolute Gasteiger partial charge is 0.326 e. The fraction of sp³-hybridized carbons (Fsp3) is 0.407. The zero-order chi connectivity index (χ0) is 26.1. The molecule has 1 atom stereocenters. The van der Waals surface area contributed by atoms with Crippen LogP contribution in [0.25, 0.3) is 22.3 Å². The highest BCUT2D eigenvalue weighted by Gasteiger charge is 2.19. The number of fused-ring (bicyclic) bond motifs is 1. The van der Waals surface area contributed by atoms with E-state index in [1.54, 1.807) is 6.07 Å². The van der Waals surface area contributed by atoms with E-state index in [2.05, 4.69) is 42.4 Å². The van der Waals surface area contributed by atoms with Crippen molar-refractivity contribution in [3.63, 3.8) is 0 Å². The average Bonchev–Trinajstić information content (AvgIpc) is 3.03. The third-order valence-corrected chi connectivity index (χ3v) is 6.89. The van der Waals surface area contributed by atoms with Crippen LogP contribution in [0.1, 0.15) is 50.7 Å². The van der Waals surface area contributed by atoms with Gasteiger partial charge < -0.3 is 15.2 Å². The molecule has 0 unspecified atom stereocenters. The highest BCUT2D eigenvalue weighted by atomic mass is 19.1. The summed E-state index contributed by atoms with van der Waals surface area (Å²) in [5.41, 5.74) is 2.31. The molecule has 1 aliphatic rings. The lowest BCUT2D eigenvalue weighted by atomic mass is 10.1. The number of rotatable bonds is 6. The summed E-state index contributed by atoms with van der Waals surface area (Å²) in [5.74, 6) is 0.260. The SMILES string of the molecule is Cc1nc2c(F)cc(-c3nc(Nc4ccc([C@H](C)N5CCCNCC5)cn4)ncc3F)cc2n1C(C)C. The lowest BCUT2D eigenvalue weighted by Gasteiger charge is -2.27. The van der Waals surface area contributed by atoms with Gasteiger partial charge in [0.05, 0.1) is 11.7 Å². The molecule has 1 fully saturated rings. The minimum Gasteiger partial charge on any atom is -0.326 e. The molecule has 0 spiro atoms. The number of hydrogen-bond donors (Lipinski definition) is 2. The molecule has 1 aliphatic heterocycles. The molecule has 5 rings (SSSR count). The van der Waals surface area contributed by atoms with Crippen LogP contribution in [-0.4, -0.2) is 55.6 Å². The monoisotopic (exact) mass is 506 g/mol. The van der Waals surface area contributed by atoms with E-state index in [9.17, 15) is 8.78 Å². The summed E-state index contributed by atoms with van der Waals surface area (Å²) in [7, 11) is 0. The summed E-state index contributed by atoms with van der Waals surface area (Å²) in [6.45, 7) is 12.1. The molecule has 4 heterocycles. The van der Waals surface area contributed by atoms with E-state index >= 15 is 0 Å². The first-order valence-corrected chi connectivity index (χ1v) is 12.7. The summed E-state index contributed by atoms with van der Waals surface area (Å²) in [6, 6.07) is 7.20. The highest BCUT2D eigenvalue weighted by molar-refractivity contribution is 5.83. The van der Waals surface area contributed by atoms with Crippen molar-refractivity contribution >= 4 is 22.8 Å². The minimum absolute atomic E-state index is 0.00692. The van der Waals surface area contributed by atoms with Crippen molar-refractivity contribution in [2.75, 3.05) is 31.5 Å². The zero-order valence-corrected chi connectivity index (χ0v) is 21.6. The summed E-state index contributed by atoms with van der Waals surface area (Å²) in [6.07, 6.45) is 4.05.